The number of nitrogens with zero attached hydrogens (tertiary/aromatic N) is 1. The van der Waals surface area contributed by atoms with Crippen LogP contribution in [0.2, 0.25) is 5.02 Å². The van der Waals surface area contributed by atoms with Crippen molar-refractivity contribution in [3.63, 3.8) is 0 Å². The van der Waals surface area contributed by atoms with Gasteiger partial charge in [-0.3, -0.25) is 0 Å². The van der Waals surface area contributed by atoms with Gasteiger partial charge in [-0.05, 0) is 25.0 Å². The van der Waals surface area contributed by atoms with Crippen LogP contribution in [0.4, 0.5) is 4.39 Å². The maximum absolute atomic E-state index is 13.0. The molecule has 2 aromatic rings. The first-order chi connectivity index (χ1) is 9.70. The van der Waals surface area contributed by atoms with Crippen LogP contribution in [0.15, 0.2) is 23.6 Å². The Labute approximate surface area is 125 Å². The van der Waals surface area contributed by atoms with Gasteiger partial charge in [0.15, 0.2) is 0 Å². The molecule has 1 N–H and O–H groups in total. The molecule has 1 aliphatic rings. The number of rotatable bonds is 6. The van der Waals surface area contributed by atoms with Gasteiger partial charge in [0, 0.05) is 24.0 Å². The summed E-state index contributed by atoms with van der Waals surface area (Å²) in [5.74, 6) is 0.100. The first-order valence-electron chi connectivity index (χ1n) is 6.45. The Hall–Kier alpha value is -1.17. The molecule has 0 bridgehead atoms. The van der Waals surface area contributed by atoms with E-state index in [1.807, 2.05) is 5.38 Å². The Bertz CT molecular complexity index is 601. The number of aromatic nitrogens is 1. The highest BCUT2D eigenvalue weighted by molar-refractivity contribution is 7.09. The normalized spacial score (nSPS) is 14.5. The molecule has 1 aliphatic carbocycles. The summed E-state index contributed by atoms with van der Waals surface area (Å²) in [6.07, 6.45) is 2.54. The van der Waals surface area contributed by atoms with Crippen LogP contribution in [-0.2, 0) is 13.2 Å². The van der Waals surface area contributed by atoms with Crippen LogP contribution in [0.5, 0.6) is 5.75 Å². The second-order valence-corrected chi connectivity index (χ2v) is 6.10. The Morgan fingerprint density at radius 3 is 3.05 bits per heavy atom. The summed E-state index contributed by atoms with van der Waals surface area (Å²) in [5, 5.41) is 6.53. The fraction of sp³-hybridized carbons (Fsp3) is 0.357. The zero-order chi connectivity index (χ0) is 13.9. The van der Waals surface area contributed by atoms with Gasteiger partial charge in [-0.15, -0.1) is 11.3 Å². The second kappa shape index (κ2) is 6.08. The lowest BCUT2D eigenvalue weighted by Gasteiger charge is -2.04. The summed E-state index contributed by atoms with van der Waals surface area (Å²) in [6, 6.07) is 5.01. The molecule has 0 atom stereocenters. The number of halogens is 2. The molecule has 0 spiro atoms. The topological polar surface area (TPSA) is 34.1 Å². The van der Waals surface area contributed by atoms with E-state index in [4.69, 9.17) is 16.3 Å². The minimum absolute atomic E-state index is 0.0649. The lowest BCUT2D eigenvalue weighted by atomic mass is 10.3. The molecule has 3 rings (SSSR count). The molecule has 1 fully saturated rings. The summed E-state index contributed by atoms with van der Waals surface area (Å²) in [5.41, 5.74) is 0.878. The van der Waals surface area contributed by atoms with Gasteiger partial charge in [0.05, 0.1) is 10.7 Å². The molecule has 1 saturated carbocycles. The molecule has 0 unspecified atom stereocenters. The van der Waals surface area contributed by atoms with Crippen molar-refractivity contribution in [1.82, 2.24) is 10.3 Å². The molecule has 0 amide bonds. The van der Waals surface area contributed by atoms with Gasteiger partial charge >= 0.3 is 0 Å². The highest BCUT2D eigenvalue weighted by Gasteiger charge is 2.20. The zero-order valence-corrected chi connectivity index (χ0v) is 12.3. The molecule has 0 aliphatic heterocycles. The standard InChI is InChI=1S/C14H14ClFN2OS/c15-12-5-11(3-4-13(12)16)19-7-10-8-20-14(18-10)6-17-9-1-2-9/h3-5,8-9,17H,1-2,6-7H2. The number of hydrogen-bond acceptors (Lipinski definition) is 4. The van der Waals surface area contributed by atoms with E-state index < -0.39 is 5.82 Å². The van der Waals surface area contributed by atoms with Gasteiger partial charge in [-0.2, -0.15) is 0 Å². The molecule has 1 heterocycles. The molecule has 20 heavy (non-hydrogen) atoms. The largest absolute Gasteiger partial charge is 0.487 e. The molecular formula is C14H14ClFN2OS. The molecule has 106 valence electrons. The van der Waals surface area contributed by atoms with E-state index in [2.05, 4.69) is 10.3 Å². The maximum Gasteiger partial charge on any atom is 0.142 e. The fourth-order valence-corrected chi connectivity index (χ4v) is 2.64. The third-order valence-electron chi connectivity index (χ3n) is 3.00. The Morgan fingerprint density at radius 2 is 2.30 bits per heavy atom. The average Bonchev–Trinajstić information content (AvgIpc) is 3.16. The number of nitrogens with one attached hydrogen (secondary N) is 1. The van der Waals surface area contributed by atoms with Crippen LogP contribution in [0, 0.1) is 5.82 Å². The minimum atomic E-state index is -0.443. The van der Waals surface area contributed by atoms with Crippen molar-refractivity contribution < 1.29 is 9.13 Å². The maximum atomic E-state index is 13.0. The van der Waals surface area contributed by atoms with Crippen LogP contribution >= 0.6 is 22.9 Å². The van der Waals surface area contributed by atoms with E-state index in [0.29, 0.717) is 18.4 Å². The smallest absolute Gasteiger partial charge is 0.142 e. The van der Waals surface area contributed by atoms with E-state index in [9.17, 15) is 4.39 Å². The van der Waals surface area contributed by atoms with Gasteiger partial charge in [-0.25, -0.2) is 9.37 Å². The summed E-state index contributed by atoms with van der Waals surface area (Å²) >= 11 is 7.32. The van der Waals surface area contributed by atoms with Crippen molar-refractivity contribution >= 4 is 22.9 Å². The number of thiazole rings is 1. The number of ether oxygens (including phenoxy) is 1. The van der Waals surface area contributed by atoms with Crippen molar-refractivity contribution in [2.45, 2.75) is 32.0 Å². The monoisotopic (exact) mass is 312 g/mol. The zero-order valence-electron chi connectivity index (χ0n) is 10.7. The third kappa shape index (κ3) is 3.69. The van der Waals surface area contributed by atoms with Gasteiger partial charge in [-0.1, -0.05) is 11.6 Å². The first-order valence-corrected chi connectivity index (χ1v) is 7.71. The van der Waals surface area contributed by atoms with Gasteiger partial charge < -0.3 is 10.1 Å². The van der Waals surface area contributed by atoms with E-state index in [1.165, 1.54) is 25.0 Å². The van der Waals surface area contributed by atoms with Crippen molar-refractivity contribution in [1.29, 1.82) is 0 Å². The van der Waals surface area contributed by atoms with Crippen LogP contribution in [-0.4, -0.2) is 11.0 Å². The van der Waals surface area contributed by atoms with E-state index in [-0.39, 0.29) is 5.02 Å². The van der Waals surface area contributed by atoms with Crippen LogP contribution < -0.4 is 10.1 Å². The molecule has 3 nitrogen and oxygen atoms in total. The van der Waals surface area contributed by atoms with Crippen molar-refractivity contribution in [3.05, 3.63) is 45.1 Å². The second-order valence-electron chi connectivity index (χ2n) is 4.75. The molecule has 6 heteroatoms. The highest BCUT2D eigenvalue weighted by Crippen LogP contribution is 2.23. The Balaban J connectivity index is 1.53. The van der Waals surface area contributed by atoms with Gasteiger partial charge in [0.2, 0.25) is 0 Å². The van der Waals surface area contributed by atoms with Gasteiger partial charge in [0.1, 0.15) is 23.2 Å². The van der Waals surface area contributed by atoms with Crippen molar-refractivity contribution in [2.75, 3.05) is 0 Å². The fourth-order valence-electron chi connectivity index (χ4n) is 1.74. The van der Waals surface area contributed by atoms with Crippen molar-refractivity contribution in [3.8, 4) is 5.75 Å². The number of hydrogen-bond donors (Lipinski definition) is 1. The van der Waals surface area contributed by atoms with E-state index >= 15 is 0 Å². The molecule has 0 radical (unpaired) electrons. The summed E-state index contributed by atoms with van der Waals surface area (Å²) < 4.78 is 18.6. The van der Waals surface area contributed by atoms with E-state index in [1.54, 1.807) is 17.4 Å². The average molecular weight is 313 g/mol. The predicted octanol–water partition coefficient (Wildman–Crippen LogP) is 3.77. The first kappa shape index (κ1) is 13.8. The number of benzene rings is 1. The highest BCUT2D eigenvalue weighted by atomic mass is 35.5. The third-order valence-corrected chi connectivity index (χ3v) is 4.18. The molecule has 1 aromatic heterocycles. The van der Waals surface area contributed by atoms with Gasteiger partial charge in [0.25, 0.3) is 0 Å². The van der Waals surface area contributed by atoms with Crippen molar-refractivity contribution in [2.24, 2.45) is 0 Å². The van der Waals surface area contributed by atoms with E-state index in [0.717, 1.165) is 17.2 Å². The quantitative estimate of drug-likeness (QED) is 0.881. The Morgan fingerprint density at radius 1 is 1.45 bits per heavy atom. The summed E-state index contributed by atoms with van der Waals surface area (Å²) in [6.45, 7) is 1.18. The lowest BCUT2D eigenvalue weighted by molar-refractivity contribution is 0.301. The van der Waals surface area contributed by atoms with Crippen LogP contribution in [0.25, 0.3) is 0 Å². The van der Waals surface area contributed by atoms with Crippen LogP contribution in [0.3, 0.4) is 0 Å². The SMILES string of the molecule is Fc1ccc(OCc2csc(CNC3CC3)n2)cc1Cl. The molecule has 1 aromatic carbocycles. The minimum Gasteiger partial charge on any atom is -0.487 e. The van der Waals surface area contributed by atoms with Crippen LogP contribution in [0.1, 0.15) is 23.5 Å². The molecule has 0 saturated heterocycles. The summed E-state index contributed by atoms with van der Waals surface area (Å²) in [4.78, 5) is 4.49. The molecular weight excluding hydrogens is 299 g/mol. The summed E-state index contributed by atoms with van der Waals surface area (Å²) in [7, 11) is 0. The Kier molecular flexibility index (Phi) is 4.19. The lowest BCUT2D eigenvalue weighted by Crippen LogP contribution is -2.15. The predicted molar refractivity (Wildman–Crippen MR) is 77.7 cm³/mol.